The van der Waals surface area contributed by atoms with Gasteiger partial charge in [-0.2, -0.15) is 0 Å². The van der Waals surface area contributed by atoms with Crippen LogP contribution in [0.4, 0.5) is 9.18 Å². The third kappa shape index (κ3) is 5.49. The van der Waals surface area contributed by atoms with Gasteiger partial charge in [0.1, 0.15) is 12.4 Å². The fourth-order valence-corrected chi connectivity index (χ4v) is 5.52. The zero-order chi connectivity index (χ0) is 23.3. The van der Waals surface area contributed by atoms with Crippen LogP contribution in [0.5, 0.6) is 5.75 Å². The Hall–Kier alpha value is -2.61. The predicted molar refractivity (Wildman–Crippen MR) is 121 cm³/mol. The summed E-state index contributed by atoms with van der Waals surface area (Å²) in [4.78, 5) is 23.4. The molecule has 3 aliphatic carbocycles. The molecule has 4 aliphatic rings. The molecule has 0 aromatic heterocycles. The maximum absolute atomic E-state index is 12.9. The van der Waals surface area contributed by atoms with Crippen LogP contribution in [-0.2, 0) is 14.9 Å². The van der Waals surface area contributed by atoms with Crippen molar-refractivity contribution in [1.29, 1.82) is 0 Å². The molecule has 33 heavy (non-hydrogen) atoms. The van der Waals surface area contributed by atoms with E-state index >= 15 is 0 Å². The summed E-state index contributed by atoms with van der Waals surface area (Å²) < 4.78 is 23.9. The first-order valence-corrected chi connectivity index (χ1v) is 11.8. The van der Waals surface area contributed by atoms with Crippen molar-refractivity contribution in [2.45, 2.75) is 62.3 Å². The van der Waals surface area contributed by atoms with Crippen molar-refractivity contribution in [2.75, 3.05) is 26.4 Å². The topological polar surface area (TPSA) is 96.9 Å². The first-order valence-electron chi connectivity index (χ1n) is 11.8. The highest BCUT2D eigenvalue weighted by atomic mass is 19.1. The van der Waals surface area contributed by atoms with Crippen LogP contribution in [-0.4, -0.2) is 49.0 Å². The molecule has 1 heterocycles. The minimum atomic E-state index is -1.20. The molecule has 0 radical (unpaired) electrons. The number of carbonyl (C=O) groups is 2. The van der Waals surface area contributed by atoms with Gasteiger partial charge in [0.15, 0.2) is 0 Å². The minimum Gasteiger partial charge on any atom is -0.489 e. The summed E-state index contributed by atoms with van der Waals surface area (Å²) in [5, 5.41) is 14.2. The largest absolute Gasteiger partial charge is 0.489 e. The number of benzene rings is 1. The molecular weight excluding hydrogens is 427 g/mol. The monoisotopic (exact) mass is 460 g/mol. The van der Waals surface area contributed by atoms with Gasteiger partial charge in [0.05, 0.1) is 6.33 Å². The summed E-state index contributed by atoms with van der Waals surface area (Å²) in [6.07, 6.45) is 6.97. The van der Waals surface area contributed by atoms with Crippen LogP contribution < -0.4 is 15.4 Å². The second kappa shape index (κ2) is 10.1. The van der Waals surface area contributed by atoms with E-state index in [0.29, 0.717) is 25.3 Å². The van der Waals surface area contributed by atoms with Gasteiger partial charge in [-0.15, -0.1) is 0 Å². The Bertz CT molecular complexity index is 855. The van der Waals surface area contributed by atoms with E-state index in [1.807, 2.05) is 12.1 Å². The smallest absolute Gasteiger partial charge is 0.404 e. The molecule has 3 saturated carbocycles. The molecular formula is C25H33FN2O5. The zero-order valence-electron chi connectivity index (χ0n) is 18.9. The molecule has 0 spiro atoms. The highest BCUT2D eigenvalue weighted by Crippen LogP contribution is 2.53. The number of amides is 2. The summed E-state index contributed by atoms with van der Waals surface area (Å²) in [7, 11) is 0. The quantitative estimate of drug-likeness (QED) is 0.543. The Morgan fingerprint density at radius 1 is 1.09 bits per heavy atom. The molecule has 7 nitrogen and oxygen atoms in total. The van der Waals surface area contributed by atoms with Crippen LogP contribution in [0.1, 0.15) is 56.9 Å². The first kappa shape index (κ1) is 23.5. The molecule has 2 bridgehead atoms. The lowest BCUT2D eigenvalue weighted by Crippen LogP contribution is -2.59. The SMILES string of the molecule is O=C(O)NC/C(=C\F)COc1ccc(C23CCC(NC(=O)C4CCOCC4)(CC2)CC3)cc1. The molecule has 4 fully saturated rings. The highest BCUT2D eigenvalue weighted by molar-refractivity contribution is 5.79. The van der Waals surface area contributed by atoms with Crippen LogP contribution in [0.15, 0.2) is 36.2 Å². The average Bonchev–Trinajstić information content (AvgIpc) is 2.86. The van der Waals surface area contributed by atoms with Crippen molar-refractivity contribution in [1.82, 2.24) is 10.6 Å². The standard InChI is InChI=1S/C25H33FN2O5/c26-15-18(16-27-23(30)31)17-33-21-3-1-20(2-4-21)24-7-10-25(11-8-24,12-9-24)28-22(29)19-5-13-32-14-6-19/h1-4,15,19,27H,5-14,16-17H2,(H,28,29)(H,30,31)/b18-15+. The molecule has 0 atom stereocenters. The molecule has 5 rings (SSSR count). The zero-order valence-corrected chi connectivity index (χ0v) is 18.9. The number of carbonyl (C=O) groups excluding carboxylic acids is 1. The van der Waals surface area contributed by atoms with E-state index in [-0.39, 0.29) is 41.5 Å². The van der Waals surface area contributed by atoms with Crippen LogP contribution in [0, 0.1) is 5.92 Å². The lowest BCUT2D eigenvalue weighted by atomic mass is 9.55. The van der Waals surface area contributed by atoms with Gasteiger partial charge in [-0.3, -0.25) is 4.79 Å². The molecule has 8 heteroatoms. The minimum absolute atomic E-state index is 0.0173. The number of halogens is 1. The molecule has 2 amide bonds. The Morgan fingerprint density at radius 2 is 1.73 bits per heavy atom. The van der Waals surface area contributed by atoms with E-state index in [1.54, 1.807) is 0 Å². The van der Waals surface area contributed by atoms with Gasteiger partial charge in [-0.25, -0.2) is 9.18 Å². The van der Waals surface area contributed by atoms with Gasteiger partial charge in [0.2, 0.25) is 5.91 Å². The van der Waals surface area contributed by atoms with Crippen molar-refractivity contribution in [3.05, 3.63) is 41.7 Å². The summed E-state index contributed by atoms with van der Waals surface area (Å²) in [6.45, 7) is 1.23. The van der Waals surface area contributed by atoms with Crippen LogP contribution in [0.25, 0.3) is 0 Å². The van der Waals surface area contributed by atoms with Gasteiger partial charge < -0.3 is 25.2 Å². The van der Waals surface area contributed by atoms with Crippen molar-refractivity contribution in [3.8, 4) is 5.75 Å². The molecule has 180 valence electrons. The Morgan fingerprint density at radius 3 is 2.30 bits per heavy atom. The van der Waals surface area contributed by atoms with Gasteiger partial charge in [0.25, 0.3) is 0 Å². The van der Waals surface area contributed by atoms with E-state index in [2.05, 4.69) is 22.8 Å². The number of hydrogen-bond donors (Lipinski definition) is 3. The lowest BCUT2D eigenvalue weighted by Gasteiger charge is -2.54. The fourth-order valence-electron chi connectivity index (χ4n) is 5.52. The number of fused-ring (bicyclic) bond motifs is 3. The van der Waals surface area contributed by atoms with E-state index in [0.717, 1.165) is 51.4 Å². The van der Waals surface area contributed by atoms with Crippen molar-refractivity contribution >= 4 is 12.0 Å². The van der Waals surface area contributed by atoms with Gasteiger partial charge >= 0.3 is 6.09 Å². The third-order valence-electron chi connectivity index (χ3n) is 7.74. The van der Waals surface area contributed by atoms with E-state index in [9.17, 15) is 14.0 Å². The molecule has 1 aromatic carbocycles. The van der Waals surface area contributed by atoms with Crippen LogP contribution in [0.2, 0.25) is 0 Å². The maximum atomic E-state index is 12.9. The predicted octanol–water partition coefficient (Wildman–Crippen LogP) is 4.07. The Balaban J connectivity index is 1.31. The van der Waals surface area contributed by atoms with E-state index in [4.69, 9.17) is 14.6 Å². The van der Waals surface area contributed by atoms with E-state index < -0.39 is 6.09 Å². The third-order valence-corrected chi connectivity index (χ3v) is 7.74. The van der Waals surface area contributed by atoms with Crippen LogP contribution >= 0.6 is 0 Å². The fraction of sp³-hybridized carbons (Fsp3) is 0.600. The lowest BCUT2D eigenvalue weighted by molar-refractivity contribution is -0.131. The number of hydrogen-bond acceptors (Lipinski definition) is 4. The Kier molecular flexibility index (Phi) is 7.22. The van der Waals surface area contributed by atoms with E-state index in [1.165, 1.54) is 5.56 Å². The number of ether oxygens (including phenoxy) is 2. The van der Waals surface area contributed by atoms with Crippen molar-refractivity contribution in [2.24, 2.45) is 5.92 Å². The van der Waals surface area contributed by atoms with Gasteiger partial charge in [-0.05, 0) is 74.5 Å². The maximum Gasteiger partial charge on any atom is 0.404 e. The summed E-state index contributed by atoms with van der Waals surface area (Å²) in [5.74, 6) is 0.908. The van der Waals surface area contributed by atoms with Crippen LogP contribution in [0.3, 0.4) is 0 Å². The highest BCUT2D eigenvalue weighted by Gasteiger charge is 2.50. The molecule has 3 N–H and O–H groups in total. The summed E-state index contributed by atoms with van der Waals surface area (Å²) in [6, 6.07) is 7.97. The number of rotatable bonds is 8. The second-order valence-electron chi connectivity index (χ2n) is 9.68. The normalized spacial score (nSPS) is 27.7. The van der Waals surface area contributed by atoms with Gasteiger partial charge in [0, 0.05) is 36.8 Å². The first-order chi connectivity index (χ1) is 15.9. The summed E-state index contributed by atoms with van der Waals surface area (Å²) in [5.41, 5.74) is 1.59. The molecule has 0 unspecified atom stereocenters. The number of nitrogens with one attached hydrogen (secondary N) is 2. The van der Waals surface area contributed by atoms with Gasteiger partial charge in [-0.1, -0.05) is 12.1 Å². The summed E-state index contributed by atoms with van der Waals surface area (Å²) >= 11 is 0. The molecule has 1 aromatic rings. The number of carboxylic acid groups (broad SMARTS) is 1. The molecule has 1 saturated heterocycles. The Labute approximate surface area is 193 Å². The van der Waals surface area contributed by atoms with Crippen molar-refractivity contribution < 1.29 is 28.6 Å². The second-order valence-corrected chi connectivity index (χ2v) is 9.68. The average molecular weight is 461 g/mol. The molecule has 1 aliphatic heterocycles. The van der Waals surface area contributed by atoms with Crippen molar-refractivity contribution in [3.63, 3.8) is 0 Å².